The highest BCUT2D eigenvalue weighted by atomic mass is 35.5. The summed E-state index contributed by atoms with van der Waals surface area (Å²) in [5.41, 5.74) is 0. The predicted molar refractivity (Wildman–Crippen MR) is 78.7 cm³/mol. The minimum atomic E-state index is -0.275. The molecule has 0 saturated carbocycles. The van der Waals surface area contributed by atoms with Crippen LogP contribution in [0.5, 0.6) is 0 Å². The summed E-state index contributed by atoms with van der Waals surface area (Å²) in [6, 6.07) is 1.70. The third-order valence-corrected chi connectivity index (χ3v) is 4.43. The van der Waals surface area contributed by atoms with E-state index < -0.39 is 0 Å². The number of Topliss-reactive ketones (excluding diaryl/α,β-unsaturated/α-hetero) is 1. The maximum atomic E-state index is 12.0. The predicted octanol–water partition coefficient (Wildman–Crippen LogP) is 2.36. The minimum Gasteiger partial charge on any atom is -0.450 e. The van der Waals surface area contributed by atoms with Gasteiger partial charge in [-0.25, -0.2) is 4.79 Å². The van der Waals surface area contributed by atoms with Crippen LogP contribution in [0.15, 0.2) is 11.4 Å². The Balaban J connectivity index is 1.80. The molecule has 0 aromatic carbocycles. The lowest BCUT2D eigenvalue weighted by atomic mass is 10.2. The van der Waals surface area contributed by atoms with E-state index >= 15 is 0 Å². The van der Waals surface area contributed by atoms with Crippen molar-refractivity contribution in [2.24, 2.45) is 0 Å². The van der Waals surface area contributed by atoms with Gasteiger partial charge in [0.15, 0.2) is 5.78 Å². The van der Waals surface area contributed by atoms with Crippen molar-refractivity contribution in [3.8, 4) is 0 Å². The molecule has 1 aliphatic heterocycles. The average molecular weight is 317 g/mol. The number of carbonyl (C=O) groups excluding carboxylic acids is 2. The zero-order valence-corrected chi connectivity index (χ0v) is 12.9. The summed E-state index contributed by atoms with van der Waals surface area (Å²) in [6.07, 6.45) is -0.275. The topological polar surface area (TPSA) is 49.9 Å². The number of amides is 1. The number of carbonyl (C=O) groups is 2. The number of ether oxygens (including phenoxy) is 1. The Labute approximate surface area is 127 Å². The van der Waals surface area contributed by atoms with Gasteiger partial charge in [0.1, 0.15) is 0 Å². The Morgan fingerprint density at radius 3 is 2.60 bits per heavy atom. The zero-order valence-electron chi connectivity index (χ0n) is 11.3. The minimum absolute atomic E-state index is 0.0754. The SMILES string of the molecule is CCOC(=O)N1CCN(CC(=O)c2cc(Cl)cs2)CC1. The molecule has 0 unspecified atom stereocenters. The second-order valence-corrected chi connectivity index (χ2v) is 5.86. The Morgan fingerprint density at radius 2 is 2.05 bits per heavy atom. The van der Waals surface area contributed by atoms with Gasteiger partial charge in [0.05, 0.1) is 23.1 Å². The van der Waals surface area contributed by atoms with Crippen LogP contribution in [0.2, 0.25) is 5.02 Å². The first kappa shape index (κ1) is 15.3. The molecule has 1 aliphatic rings. The quantitative estimate of drug-likeness (QED) is 0.800. The number of hydrogen-bond acceptors (Lipinski definition) is 5. The third kappa shape index (κ3) is 3.94. The van der Waals surface area contributed by atoms with Gasteiger partial charge in [-0.15, -0.1) is 11.3 Å². The number of piperazine rings is 1. The van der Waals surface area contributed by atoms with Crippen LogP contribution in [0, 0.1) is 0 Å². The monoisotopic (exact) mass is 316 g/mol. The molecule has 0 bridgehead atoms. The Hall–Kier alpha value is -1.11. The fourth-order valence-corrected chi connectivity index (χ4v) is 3.05. The number of ketones is 1. The maximum absolute atomic E-state index is 12.0. The lowest BCUT2D eigenvalue weighted by molar-refractivity contribution is 0.0735. The van der Waals surface area contributed by atoms with Gasteiger partial charge in [-0.3, -0.25) is 9.69 Å². The van der Waals surface area contributed by atoms with Crippen LogP contribution < -0.4 is 0 Å². The molecule has 0 radical (unpaired) electrons. The largest absolute Gasteiger partial charge is 0.450 e. The molecule has 1 aromatic rings. The van der Waals surface area contributed by atoms with Crippen molar-refractivity contribution in [3.05, 3.63) is 21.3 Å². The summed E-state index contributed by atoms with van der Waals surface area (Å²) < 4.78 is 4.96. The van der Waals surface area contributed by atoms with Gasteiger partial charge in [-0.2, -0.15) is 0 Å². The first-order valence-electron chi connectivity index (χ1n) is 6.51. The molecule has 1 fully saturated rings. The van der Waals surface area contributed by atoms with Crippen molar-refractivity contribution >= 4 is 34.8 Å². The van der Waals surface area contributed by atoms with Crippen molar-refractivity contribution in [2.75, 3.05) is 39.3 Å². The second-order valence-electron chi connectivity index (χ2n) is 4.51. The van der Waals surface area contributed by atoms with Gasteiger partial charge in [0.25, 0.3) is 0 Å². The van der Waals surface area contributed by atoms with E-state index in [9.17, 15) is 9.59 Å². The fourth-order valence-electron chi connectivity index (χ4n) is 2.04. The molecule has 0 aliphatic carbocycles. The van der Waals surface area contributed by atoms with E-state index in [1.54, 1.807) is 23.3 Å². The number of rotatable bonds is 4. The number of nitrogens with zero attached hydrogens (tertiary/aromatic N) is 2. The van der Waals surface area contributed by atoms with Crippen LogP contribution in [0.1, 0.15) is 16.6 Å². The average Bonchev–Trinajstić information content (AvgIpc) is 2.86. The summed E-state index contributed by atoms with van der Waals surface area (Å²) in [5, 5.41) is 2.36. The summed E-state index contributed by atoms with van der Waals surface area (Å²) in [5.74, 6) is 0.0754. The van der Waals surface area contributed by atoms with E-state index in [1.807, 2.05) is 4.90 Å². The van der Waals surface area contributed by atoms with Crippen molar-refractivity contribution in [2.45, 2.75) is 6.92 Å². The number of halogens is 1. The number of hydrogen-bond donors (Lipinski definition) is 0. The Bertz CT molecular complexity index is 484. The van der Waals surface area contributed by atoms with Crippen LogP contribution in [0.25, 0.3) is 0 Å². The molecule has 0 N–H and O–H groups in total. The maximum Gasteiger partial charge on any atom is 0.409 e. The zero-order chi connectivity index (χ0) is 14.5. The molecule has 7 heteroatoms. The summed E-state index contributed by atoms with van der Waals surface area (Å²) in [4.78, 5) is 28.0. The highest BCUT2D eigenvalue weighted by Gasteiger charge is 2.23. The fraction of sp³-hybridized carbons (Fsp3) is 0.538. The Morgan fingerprint density at radius 1 is 1.35 bits per heavy atom. The van der Waals surface area contributed by atoms with Crippen LogP contribution in [-0.4, -0.2) is 61.0 Å². The van der Waals surface area contributed by atoms with E-state index in [0.29, 0.717) is 49.2 Å². The van der Waals surface area contributed by atoms with Gasteiger partial charge in [0.2, 0.25) is 0 Å². The molecule has 0 atom stereocenters. The van der Waals surface area contributed by atoms with Crippen LogP contribution in [-0.2, 0) is 4.74 Å². The van der Waals surface area contributed by atoms with Gasteiger partial charge in [0, 0.05) is 31.6 Å². The van der Waals surface area contributed by atoms with E-state index in [2.05, 4.69) is 0 Å². The molecule has 0 spiro atoms. The van der Waals surface area contributed by atoms with Crippen molar-refractivity contribution in [3.63, 3.8) is 0 Å². The smallest absolute Gasteiger partial charge is 0.409 e. The number of thiophene rings is 1. The molecule has 1 amide bonds. The molecule has 1 saturated heterocycles. The van der Waals surface area contributed by atoms with Gasteiger partial charge in [-0.1, -0.05) is 11.6 Å². The molecule has 5 nitrogen and oxygen atoms in total. The van der Waals surface area contributed by atoms with Crippen LogP contribution in [0.3, 0.4) is 0 Å². The molecule has 2 heterocycles. The summed E-state index contributed by atoms with van der Waals surface area (Å²) in [6.45, 7) is 5.10. The van der Waals surface area contributed by atoms with Crippen LogP contribution in [0.4, 0.5) is 4.79 Å². The van der Waals surface area contributed by atoms with Gasteiger partial charge >= 0.3 is 6.09 Å². The van der Waals surface area contributed by atoms with Gasteiger partial charge in [-0.05, 0) is 13.0 Å². The highest BCUT2D eigenvalue weighted by Crippen LogP contribution is 2.20. The molecule has 1 aromatic heterocycles. The lowest BCUT2D eigenvalue weighted by Gasteiger charge is -2.33. The molecular weight excluding hydrogens is 300 g/mol. The van der Waals surface area contributed by atoms with E-state index in [4.69, 9.17) is 16.3 Å². The molecule has 2 rings (SSSR count). The first-order valence-corrected chi connectivity index (χ1v) is 7.77. The highest BCUT2D eigenvalue weighted by molar-refractivity contribution is 7.12. The third-order valence-electron chi connectivity index (χ3n) is 3.11. The summed E-state index contributed by atoms with van der Waals surface area (Å²) in [7, 11) is 0. The lowest BCUT2D eigenvalue weighted by Crippen LogP contribution is -2.50. The molecule has 110 valence electrons. The van der Waals surface area contributed by atoms with Crippen molar-refractivity contribution < 1.29 is 14.3 Å². The summed E-state index contributed by atoms with van der Waals surface area (Å²) >= 11 is 7.18. The molecule has 20 heavy (non-hydrogen) atoms. The van der Waals surface area contributed by atoms with E-state index in [1.165, 1.54) is 11.3 Å². The van der Waals surface area contributed by atoms with Crippen LogP contribution >= 0.6 is 22.9 Å². The normalized spacial score (nSPS) is 16.2. The standard InChI is InChI=1S/C13H17ClN2O3S/c1-2-19-13(18)16-5-3-15(4-6-16)8-11(17)12-7-10(14)9-20-12/h7,9H,2-6,8H2,1H3. The van der Waals surface area contributed by atoms with Crippen molar-refractivity contribution in [1.82, 2.24) is 9.80 Å². The van der Waals surface area contributed by atoms with E-state index in [-0.39, 0.29) is 11.9 Å². The Kier molecular flexibility index (Phi) is 5.39. The van der Waals surface area contributed by atoms with Crippen molar-refractivity contribution in [1.29, 1.82) is 0 Å². The molecular formula is C13H17ClN2O3S. The first-order chi connectivity index (χ1) is 9.60. The second kappa shape index (κ2) is 7.06. The van der Waals surface area contributed by atoms with E-state index in [0.717, 1.165) is 0 Å². The van der Waals surface area contributed by atoms with Gasteiger partial charge < -0.3 is 9.64 Å².